The lowest BCUT2D eigenvalue weighted by Gasteiger charge is -2.01. The molecule has 0 aliphatic carbocycles. The third-order valence-corrected chi connectivity index (χ3v) is 4.01. The predicted octanol–water partition coefficient (Wildman–Crippen LogP) is 2.84. The number of aromatic nitrogens is 1. The fourth-order valence-corrected chi connectivity index (χ4v) is 3.05. The highest BCUT2D eigenvalue weighted by molar-refractivity contribution is 7.20. The van der Waals surface area contributed by atoms with Gasteiger partial charge in [0.05, 0.1) is 10.6 Å². The summed E-state index contributed by atoms with van der Waals surface area (Å²) in [6.07, 6.45) is -0.964. The van der Waals surface area contributed by atoms with Gasteiger partial charge in [-0.05, 0) is 12.1 Å². The lowest BCUT2D eigenvalue weighted by molar-refractivity contribution is 0.211. The molecule has 0 atom stereocenters. The molecular weight excluding hydrogens is 304 g/mol. The van der Waals surface area contributed by atoms with Gasteiger partial charge in [-0.1, -0.05) is 18.2 Å². The predicted molar refractivity (Wildman–Crippen MR) is 85.0 cm³/mol. The van der Waals surface area contributed by atoms with Gasteiger partial charge >= 0.3 is 12.1 Å². The summed E-state index contributed by atoms with van der Waals surface area (Å²) in [6.45, 7) is 0. The second kappa shape index (κ2) is 5.41. The van der Waals surface area contributed by atoms with Gasteiger partial charge in [0.25, 0.3) is 0 Å². The summed E-state index contributed by atoms with van der Waals surface area (Å²) in [4.78, 5) is 26.0. The first-order chi connectivity index (χ1) is 10.5. The molecule has 2 heterocycles. The van der Waals surface area contributed by atoms with Crippen LogP contribution < -0.4 is 21.5 Å². The van der Waals surface area contributed by atoms with Crippen molar-refractivity contribution in [3.8, 4) is 16.3 Å². The van der Waals surface area contributed by atoms with E-state index in [0.29, 0.717) is 5.00 Å². The lowest BCUT2D eigenvalue weighted by Crippen LogP contribution is -2.20. The highest BCUT2D eigenvalue weighted by Crippen LogP contribution is 2.41. The van der Waals surface area contributed by atoms with Crippen LogP contribution in [0.4, 0.5) is 14.6 Å². The Kier molecular flexibility index (Phi) is 3.43. The molecule has 0 spiro atoms. The summed E-state index contributed by atoms with van der Waals surface area (Å²) in [6, 6.07) is 10.6. The zero-order valence-electron chi connectivity index (χ0n) is 11.3. The number of nitrogens with two attached hydrogens (primary N) is 2. The fourth-order valence-electron chi connectivity index (χ4n) is 2.10. The molecule has 112 valence electrons. The highest BCUT2D eigenvalue weighted by Gasteiger charge is 2.16. The number of hydrogen-bond acceptors (Lipinski definition) is 4. The van der Waals surface area contributed by atoms with E-state index in [0.717, 1.165) is 21.5 Å². The number of para-hydroxylation sites is 1. The number of benzene rings is 1. The first kappa shape index (κ1) is 14.0. The fraction of sp³-hybridized carbons (Fsp3) is 0. The van der Waals surface area contributed by atoms with E-state index < -0.39 is 12.1 Å². The number of fused-ring (bicyclic) bond motifs is 1. The number of hydrogen-bond donors (Lipinski definition) is 4. The summed E-state index contributed by atoms with van der Waals surface area (Å²) in [5.74, 6) is 0.157. The molecular formula is C14H12N4O3S. The average Bonchev–Trinajstić information content (AvgIpc) is 3.02. The summed E-state index contributed by atoms with van der Waals surface area (Å²) in [5.41, 5.74) is 11.9. The number of carbonyl (C=O) groups excluding carboxylic acids is 2. The van der Waals surface area contributed by atoms with Gasteiger partial charge < -0.3 is 21.2 Å². The standard InChI is InChI=1S/C14H12N4O3S/c15-13(19)18-12-10(21-14(16)20)6-11(22-12)9-5-7-3-1-2-4-8(7)17-9/h1-6,17H,(H2,16,20)(H3,15,18,19). The van der Waals surface area contributed by atoms with Gasteiger partial charge in [0, 0.05) is 17.0 Å². The Labute approximate surface area is 128 Å². The van der Waals surface area contributed by atoms with E-state index in [9.17, 15) is 9.59 Å². The van der Waals surface area contributed by atoms with E-state index in [1.165, 1.54) is 11.3 Å². The first-order valence-electron chi connectivity index (χ1n) is 6.28. The normalized spacial score (nSPS) is 10.5. The van der Waals surface area contributed by atoms with Crippen LogP contribution in [-0.2, 0) is 0 Å². The second-order valence-electron chi connectivity index (χ2n) is 4.48. The number of thiophene rings is 1. The van der Waals surface area contributed by atoms with E-state index in [-0.39, 0.29) is 5.75 Å². The van der Waals surface area contributed by atoms with Crippen LogP contribution in [-0.4, -0.2) is 17.1 Å². The van der Waals surface area contributed by atoms with Crippen LogP contribution in [0, 0.1) is 0 Å². The number of nitrogens with one attached hydrogen (secondary N) is 2. The molecule has 0 unspecified atom stereocenters. The number of H-pyrrole nitrogens is 1. The Hall–Kier alpha value is -3.00. The Morgan fingerprint density at radius 3 is 2.64 bits per heavy atom. The zero-order valence-corrected chi connectivity index (χ0v) is 12.1. The van der Waals surface area contributed by atoms with Crippen molar-refractivity contribution in [2.45, 2.75) is 0 Å². The molecule has 3 rings (SSSR count). The summed E-state index contributed by atoms with van der Waals surface area (Å²) in [5, 5.41) is 3.78. The topological polar surface area (TPSA) is 123 Å². The Balaban J connectivity index is 2.04. The smallest absolute Gasteiger partial charge is 0.407 e. The number of rotatable bonds is 3. The van der Waals surface area contributed by atoms with Crippen LogP contribution in [0.15, 0.2) is 36.4 Å². The lowest BCUT2D eigenvalue weighted by atomic mass is 10.2. The monoisotopic (exact) mass is 316 g/mol. The molecule has 3 amide bonds. The van der Waals surface area contributed by atoms with Crippen molar-refractivity contribution < 1.29 is 14.3 Å². The van der Waals surface area contributed by atoms with Crippen molar-refractivity contribution in [2.24, 2.45) is 11.5 Å². The van der Waals surface area contributed by atoms with Gasteiger partial charge in [-0.3, -0.25) is 5.32 Å². The maximum atomic E-state index is 11.0. The Morgan fingerprint density at radius 2 is 1.95 bits per heavy atom. The summed E-state index contributed by atoms with van der Waals surface area (Å²) in [7, 11) is 0. The molecule has 0 bridgehead atoms. The van der Waals surface area contributed by atoms with Gasteiger partial charge in [-0.25, -0.2) is 9.59 Å². The van der Waals surface area contributed by atoms with Crippen molar-refractivity contribution in [3.05, 3.63) is 36.4 Å². The summed E-state index contributed by atoms with van der Waals surface area (Å²) >= 11 is 1.22. The largest absolute Gasteiger partial charge is 0.410 e. The molecule has 22 heavy (non-hydrogen) atoms. The number of anilines is 1. The van der Waals surface area contributed by atoms with Crippen LogP contribution in [0.1, 0.15) is 0 Å². The van der Waals surface area contributed by atoms with Crippen molar-refractivity contribution in [1.29, 1.82) is 0 Å². The maximum absolute atomic E-state index is 11.0. The summed E-state index contributed by atoms with van der Waals surface area (Å²) < 4.78 is 4.89. The number of amides is 3. The number of ether oxygens (including phenoxy) is 1. The minimum absolute atomic E-state index is 0.157. The van der Waals surface area contributed by atoms with E-state index in [1.54, 1.807) is 6.07 Å². The number of carbonyl (C=O) groups is 2. The molecule has 2 aromatic heterocycles. The average molecular weight is 316 g/mol. The highest BCUT2D eigenvalue weighted by atomic mass is 32.1. The molecule has 6 N–H and O–H groups in total. The Bertz CT molecular complexity index is 801. The van der Waals surface area contributed by atoms with Gasteiger partial charge in [0.2, 0.25) is 0 Å². The van der Waals surface area contributed by atoms with E-state index in [2.05, 4.69) is 10.3 Å². The number of urea groups is 1. The van der Waals surface area contributed by atoms with Crippen molar-refractivity contribution in [2.75, 3.05) is 5.32 Å². The molecule has 0 saturated heterocycles. The molecule has 0 aliphatic heterocycles. The second-order valence-corrected chi connectivity index (χ2v) is 5.54. The molecule has 7 nitrogen and oxygen atoms in total. The van der Waals surface area contributed by atoms with E-state index in [1.807, 2.05) is 30.3 Å². The van der Waals surface area contributed by atoms with Gasteiger partial charge in [0.1, 0.15) is 5.00 Å². The minimum atomic E-state index is -0.964. The third-order valence-electron chi connectivity index (χ3n) is 2.94. The third kappa shape index (κ3) is 2.72. The van der Waals surface area contributed by atoms with Crippen LogP contribution in [0.5, 0.6) is 5.75 Å². The maximum Gasteiger partial charge on any atom is 0.410 e. The molecule has 0 aliphatic rings. The van der Waals surface area contributed by atoms with Crippen LogP contribution >= 0.6 is 11.3 Å². The van der Waals surface area contributed by atoms with Gasteiger partial charge in [0.15, 0.2) is 5.75 Å². The molecule has 3 aromatic rings. The van der Waals surface area contributed by atoms with Crippen LogP contribution in [0.2, 0.25) is 0 Å². The van der Waals surface area contributed by atoms with Crippen molar-refractivity contribution in [3.63, 3.8) is 0 Å². The molecule has 0 radical (unpaired) electrons. The Morgan fingerprint density at radius 1 is 1.18 bits per heavy atom. The van der Waals surface area contributed by atoms with Crippen molar-refractivity contribution in [1.82, 2.24) is 4.98 Å². The van der Waals surface area contributed by atoms with Gasteiger partial charge in [-0.15, -0.1) is 11.3 Å². The number of aromatic amines is 1. The quantitative estimate of drug-likeness (QED) is 0.594. The zero-order chi connectivity index (χ0) is 15.7. The SMILES string of the molecule is NC(=O)Nc1sc(-c2cc3ccccc3[nH]2)cc1OC(N)=O. The first-order valence-corrected chi connectivity index (χ1v) is 7.10. The molecule has 0 saturated carbocycles. The molecule has 0 fully saturated rings. The molecule has 1 aromatic carbocycles. The van der Waals surface area contributed by atoms with Crippen LogP contribution in [0.3, 0.4) is 0 Å². The molecule has 8 heteroatoms. The van der Waals surface area contributed by atoms with E-state index >= 15 is 0 Å². The minimum Gasteiger partial charge on any atom is -0.407 e. The van der Waals surface area contributed by atoms with Crippen molar-refractivity contribution >= 4 is 39.4 Å². The number of primary amides is 2. The van der Waals surface area contributed by atoms with Crippen LogP contribution in [0.25, 0.3) is 21.5 Å². The van der Waals surface area contributed by atoms with E-state index in [4.69, 9.17) is 16.2 Å². The van der Waals surface area contributed by atoms with Gasteiger partial charge in [-0.2, -0.15) is 0 Å².